The summed E-state index contributed by atoms with van der Waals surface area (Å²) in [7, 11) is 8.81. The summed E-state index contributed by atoms with van der Waals surface area (Å²) >= 11 is 5.20. The number of amides is 2. The summed E-state index contributed by atoms with van der Waals surface area (Å²) in [6, 6.07) is 1.80. The first kappa shape index (κ1) is 115. The van der Waals surface area contributed by atoms with Gasteiger partial charge in [0, 0.05) is 82.8 Å². The van der Waals surface area contributed by atoms with Crippen LogP contribution in [0.3, 0.4) is 0 Å². The molecule has 97 heavy (non-hydrogen) atoms. The standard InChI is InChI=1S/C11H21NO2.C10H20N2O.C10H19NO.C7H13NO.C6H9NO.C6H10O.C6H12.C6H10.C5H9ClO.C5H9FO.C5H10O2S/c1-11(2,3)9-14-10(13)7-6-8-12(4)5;1-10(2,3)11-9(13)7-6-8-12(4)5;1-10(2,3)9(12)7-6-8-11(4)5;1-5-6(9)8-7(2,3)4;1-5(2)6(8)3-4-7;1-4-6(7)5(2)3;2*1-5-6(2,3)4;2*1-4(2)5(7)3-6;1-4-8(6,7)5(2)3/h6-7H,8-9H2,1-5H3;6-7H,8H2,1-5H3,(H,11,13);6-7H,8H2,1-5H3;5H,1H2,2-4H3,(H,8,9);5H,3H2,1-2H3;4-5H,1H2,2-3H3;5H,1H2,2-4H3;1H,2-4H3;2*4H,3H2,1-2H3;4-5H,1H2,2-3H3/b3*7-6+;;;;;;;;. The summed E-state index contributed by atoms with van der Waals surface area (Å²) in [5, 5.41) is 14.2. The number of Topliss-reactive ketones (excluding diaryl/α,β-unsaturated/α-hetero) is 3. The van der Waals surface area contributed by atoms with E-state index in [9.17, 15) is 51.2 Å². The summed E-state index contributed by atoms with van der Waals surface area (Å²) in [6.45, 7) is 69.0. The first-order chi connectivity index (χ1) is 43.3. The number of nitrogens with zero attached hydrogens (tertiary/aromatic N) is 4. The lowest BCUT2D eigenvalue weighted by atomic mass is 9.91. The van der Waals surface area contributed by atoms with Crippen LogP contribution in [-0.4, -0.2) is 167 Å². The number of esters is 1. The smallest absolute Gasteiger partial charge is 0.330 e. The molecule has 17 nitrogen and oxygen atoms in total. The molecule has 0 saturated carbocycles. The van der Waals surface area contributed by atoms with Crippen LogP contribution in [0.5, 0.6) is 0 Å². The van der Waals surface area contributed by atoms with Crippen LogP contribution in [0.25, 0.3) is 0 Å². The number of halogens is 2. The first-order valence-electron chi connectivity index (χ1n) is 32.4. The van der Waals surface area contributed by atoms with E-state index in [2.05, 4.69) is 63.6 Å². The second kappa shape index (κ2) is 63.5. The largest absolute Gasteiger partial charge is 0.462 e. The number of ether oxygens (including phenoxy) is 1. The minimum absolute atomic E-state index is 0.00894. The van der Waals surface area contributed by atoms with Crippen molar-refractivity contribution in [2.75, 3.05) is 81.1 Å². The lowest BCUT2D eigenvalue weighted by Crippen LogP contribution is -2.39. The maximum Gasteiger partial charge on any atom is 0.330 e. The van der Waals surface area contributed by atoms with E-state index >= 15 is 0 Å². The summed E-state index contributed by atoms with van der Waals surface area (Å²) in [5.41, 5.74) is -0.140. The quantitative estimate of drug-likeness (QED) is 0.0357. The van der Waals surface area contributed by atoms with Crippen LogP contribution >= 0.6 is 11.6 Å². The highest BCUT2D eigenvalue weighted by Crippen LogP contribution is 2.15. The van der Waals surface area contributed by atoms with Gasteiger partial charge >= 0.3 is 5.97 Å². The molecule has 0 bridgehead atoms. The maximum atomic E-state index is 11.3. The molecule has 0 aromatic rings. The zero-order valence-corrected chi connectivity index (χ0v) is 69.0. The van der Waals surface area contributed by atoms with Crippen LogP contribution in [0.2, 0.25) is 0 Å². The SMILES string of the molecule is C#CC(C)(C)C.C=CC(=O)C(C)C.C=CC(=O)NC(C)(C)C.C=CC(C)(C)C.C=CS(=O)(=O)C(C)C.CC(C)C(=O)CC#N.CC(C)C(=O)CCl.CC(C)C(=O)CF.CN(C)C/C=C/C(=O)C(C)(C)C.CN(C)C/C=C/C(=O)NC(C)(C)C.CN(C)C/C=C/C(=O)OCC(C)(C)C. The Hall–Kier alpha value is -5.96. The number of hydrogen-bond acceptors (Lipinski definition) is 15. The van der Waals surface area contributed by atoms with Crippen LogP contribution in [0, 0.1) is 69.0 Å². The maximum absolute atomic E-state index is 11.3. The van der Waals surface area contributed by atoms with E-state index in [1.165, 1.54) is 18.2 Å². The fourth-order valence-electron chi connectivity index (χ4n) is 3.54. The molecule has 0 aromatic carbocycles. The third-order valence-electron chi connectivity index (χ3n) is 9.93. The van der Waals surface area contributed by atoms with Crippen LogP contribution < -0.4 is 10.6 Å². The molecular weight excluding hydrogens is 1270 g/mol. The van der Waals surface area contributed by atoms with E-state index in [4.69, 9.17) is 28.0 Å². The van der Waals surface area contributed by atoms with Crippen molar-refractivity contribution in [1.29, 1.82) is 5.26 Å². The normalized spacial score (nSPS) is 11.1. The molecule has 0 radical (unpaired) electrons. The average Bonchev–Trinajstić information content (AvgIpc) is 1.45. The van der Waals surface area contributed by atoms with Gasteiger partial charge in [-0.15, -0.1) is 30.5 Å². The molecule has 0 aliphatic carbocycles. The Kier molecular flexibility index (Phi) is 75.4. The van der Waals surface area contributed by atoms with Gasteiger partial charge in [-0.1, -0.05) is 162 Å². The van der Waals surface area contributed by atoms with Gasteiger partial charge in [-0.05, 0) is 148 Å². The Bertz CT molecular complexity index is 2470. The predicted octanol–water partition coefficient (Wildman–Crippen LogP) is 15.5. The van der Waals surface area contributed by atoms with E-state index < -0.39 is 16.5 Å². The van der Waals surface area contributed by atoms with Crippen molar-refractivity contribution in [2.45, 2.75) is 217 Å². The molecule has 0 rings (SSSR count). The van der Waals surface area contributed by atoms with Crippen molar-refractivity contribution in [3.63, 3.8) is 0 Å². The van der Waals surface area contributed by atoms with Gasteiger partial charge in [-0.2, -0.15) is 5.26 Å². The zero-order chi connectivity index (χ0) is 80.3. The lowest BCUT2D eigenvalue weighted by molar-refractivity contribution is -0.140. The van der Waals surface area contributed by atoms with Gasteiger partial charge in [0.25, 0.3) is 0 Å². The van der Waals surface area contributed by atoms with Crippen LogP contribution in [0.15, 0.2) is 86.4 Å². The molecular formula is C77H142ClFN6O11S. The van der Waals surface area contributed by atoms with E-state index in [1.54, 1.807) is 65.8 Å². The molecule has 0 atom stereocenters. The number of carbonyl (C=O) groups excluding carboxylic acids is 8. The number of likely N-dealkylation sites (N-methyl/N-ethyl adjacent to an activating group) is 3. The number of ketones is 5. The molecule has 0 heterocycles. The molecule has 0 fully saturated rings. The Morgan fingerprint density at radius 1 is 0.567 bits per heavy atom. The van der Waals surface area contributed by atoms with Crippen LogP contribution in [0.1, 0.15) is 200 Å². The number of allylic oxidation sites excluding steroid dienone is 3. The lowest BCUT2D eigenvalue weighted by Gasteiger charge is -2.19. The van der Waals surface area contributed by atoms with Crippen molar-refractivity contribution in [1.82, 2.24) is 25.3 Å². The Balaban J connectivity index is -0.0000000943. The predicted molar refractivity (Wildman–Crippen MR) is 413 cm³/mol. The van der Waals surface area contributed by atoms with Gasteiger partial charge in [0.15, 0.2) is 27.2 Å². The number of carbonyl (C=O) groups is 8. The minimum atomic E-state index is -2.97. The number of sulfone groups is 1. The second-order valence-electron chi connectivity index (χ2n) is 30.5. The number of hydrogen-bond donors (Lipinski definition) is 2. The van der Waals surface area contributed by atoms with E-state index in [-0.39, 0.29) is 115 Å². The van der Waals surface area contributed by atoms with E-state index in [1.807, 2.05) is 207 Å². The first-order valence-corrected chi connectivity index (χ1v) is 34.5. The van der Waals surface area contributed by atoms with Gasteiger partial charge in [-0.25, -0.2) is 17.6 Å². The molecule has 0 aliphatic rings. The van der Waals surface area contributed by atoms with Gasteiger partial charge in [0.2, 0.25) is 11.8 Å². The number of rotatable bonds is 21. The Morgan fingerprint density at radius 3 is 1.06 bits per heavy atom. The molecule has 566 valence electrons. The van der Waals surface area contributed by atoms with Crippen molar-refractivity contribution < 1.29 is 55.9 Å². The third kappa shape index (κ3) is 121. The van der Waals surface area contributed by atoms with Crippen molar-refractivity contribution in [3.05, 3.63) is 86.4 Å². The summed E-state index contributed by atoms with van der Waals surface area (Å²) in [6.07, 6.45) is 19.9. The molecule has 20 heteroatoms. The topological polar surface area (TPSA) is 237 Å². The Labute approximate surface area is 599 Å². The highest BCUT2D eigenvalue weighted by Gasteiger charge is 2.18. The molecule has 0 aliphatic heterocycles. The van der Waals surface area contributed by atoms with Crippen molar-refractivity contribution in [3.8, 4) is 18.4 Å². The molecule has 2 N–H and O–H groups in total. The van der Waals surface area contributed by atoms with Crippen molar-refractivity contribution >= 4 is 68.1 Å². The molecule has 0 unspecified atom stereocenters. The number of terminal acetylenes is 1. The minimum Gasteiger partial charge on any atom is -0.462 e. The highest BCUT2D eigenvalue weighted by atomic mass is 35.5. The molecule has 2 amide bonds. The molecule has 0 saturated heterocycles. The highest BCUT2D eigenvalue weighted by molar-refractivity contribution is 7.94. The average molecular weight is 1410 g/mol. The number of alkyl halides is 2. The van der Waals surface area contributed by atoms with E-state index in [0.29, 0.717) is 12.0 Å². The summed E-state index contributed by atoms with van der Waals surface area (Å²) < 4.78 is 37.5. The monoisotopic (exact) mass is 1410 g/mol. The third-order valence-corrected chi connectivity index (χ3v) is 12.0. The molecule has 0 spiro atoms. The molecule has 0 aromatic heterocycles. The fourth-order valence-corrected chi connectivity index (χ4v) is 4.23. The van der Waals surface area contributed by atoms with E-state index in [0.717, 1.165) is 25.0 Å². The van der Waals surface area contributed by atoms with Gasteiger partial charge in [-0.3, -0.25) is 33.6 Å². The zero-order valence-electron chi connectivity index (χ0n) is 67.5. The van der Waals surface area contributed by atoms with Gasteiger partial charge in [0.05, 0.1) is 30.2 Å². The summed E-state index contributed by atoms with van der Waals surface area (Å²) in [5.74, 6) is 2.51. The van der Waals surface area contributed by atoms with Gasteiger partial charge < -0.3 is 30.1 Å². The van der Waals surface area contributed by atoms with Gasteiger partial charge in [0.1, 0.15) is 18.2 Å². The summed E-state index contributed by atoms with van der Waals surface area (Å²) in [4.78, 5) is 91.7. The van der Waals surface area contributed by atoms with Crippen molar-refractivity contribution in [2.24, 2.45) is 45.3 Å². The van der Waals surface area contributed by atoms with Crippen LogP contribution in [-0.2, 0) is 52.9 Å². The second-order valence-corrected chi connectivity index (χ2v) is 33.2. The van der Waals surface area contributed by atoms with Crippen LogP contribution in [0.4, 0.5) is 4.39 Å². The fraction of sp³-hybridized carbons (Fsp3) is 0.675. The number of nitrogens with one attached hydrogen (secondary N) is 2. The Morgan fingerprint density at radius 2 is 0.907 bits per heavy atom. The number of nitriles is 1.